The first-order chi connectivity index (χ1) is 18.2. The van der Waals surface area contributed by atoms with Crippen LogP contribution in [0.3, 0.4) is 0 Å². The van der Waals surface area contributed by atoms with Crippen LogP contribution in [-0.4, -0.2) is 52.4 Å². The van der Waals surface area contributed by atoms with E-state index >= 15 is 0 Å². The number of thiazole rings is 1. The van der Waals surface area contributed by atoms with E-state index in [1.807, 2.05) is 24.3 Å². The molecule has 6 rings (SSSR count). The summed E-state index contributed by atoms with van der Waals surface area (Å²) in [6.07, 6.45) is 6.81. The summed E-state index contributed by atoms with van der Waals surface area (Å²) in [5.41, 5.74) is 4.25. The first kappa shape index (κ1) is 24.5. The summed E-state index contributed by atoms with van der Waals surface area (Å²) in [6.45, 7) is 4.47. The third kappa shape index (κ3) is 6.02. The number of aromatic nitrogens is 2. The average molecular weight is 516 g/mol. The van der Waals surface area contributed by atoms with Gasteiger partial charge in [0.1, 0.15) is 11.5 Å². The highest BCUT2D eigenvalue weighted by Gasteiger charge is 2.24. The second-order valence-corrected chi connectivity index (χ2v) is 11.2. The van der Waals surface area contributed by atoms with E-state index in [1.165, 1.54) is 12.0 Å². The van der Waals surface area contributed by atoms with E-state index in [-0.39, 0.29) is 6.10 Å². The lowest BCUT2D eigenvalue weighted by atomic mass is 9.84. The molecular formula is C30H33N3O3S. The summed E-state index contributed by atoms with van der Waals surface area (Å²) in [5, 5.41) is 11.5. The lowest BCUT2D eigenvalue weighted by Gasteiger charge is -2.26. The summed E-state index contributed by atoms with van der Waals surface area (Å²) in [6, 6.07) is 18.6. The van der Waals surface area contributed by atoms with Gasteiger partial charge in [-0.1, -0.05) is 31.0 Å². The number of aliphatic hydroxyl groups excluding tert-OH is 1. The van der Waals surface area contributed by atoms with Gasteiger partial charge < -0.3 is 14.6 Å². The van der Waals surface area contributed by atoms with Crippen LogP contribution < -0.4 is 4.74 Å². The van der Waals surface area contributed by atoms with Crippen molar-refractivity contribution in [3.05, 3.63) is 71.4 Å². The summed E-state index contributed by atoms with van der Waals surface area (Å²) >= 11 is 1.71. The number of morpholine rings is 1. The highest BCUT2D eigenvalue weighted by Crippen LogP contribution is 2.33. The smallest absolute Gasteiger partial charge is 0.131 e. The number of ether oxygens (including phenoxy) is 2. The largest absolute Gasteiger partial charge is 0.457 e. The van der Waals surface area contributed by atoms with Crippen LogP contribution in [0.25, 0.3) is 21.5 Å². The minimum atomic E-state index is -0.194. The Balaban J connectivity index is 1.15. The van der Waals surface area contributed by atoms with Crippen LogP contribution in [0.2, 0.25) is 0 Å². The Kier molecular flexibility index (Phi) is 7.46. The number of aliphatic hydroxyl groups is 1. The van der Waals surface area contributed by atoms with Gasteiger partial charge in [0.25, 0.3) is 0 Å². The molecule has 1 saturated heterocycles. The molecule has 7 heteroatoms. The molecule has 6 nitrogen and oxygen atoms in total. The van der Waals surface area contributed by atoms with Crippen molar-refractivity contribution in [2.75, 3.05) is 26.3 Å². The van der Waals surface area contributed by atoms with Crippen LogP contribution in [0.4, 0.5) is 0 Å². The molecule has 2 aromatic heterocycles. The van der Waals surface area contributed by atoms with E-state index < -0.39 is 0 Å². The quantitative estimate of drug-likeness (QED) is 0.322. The molecule has 2 aliphatic rings. The molecule has 1 saturated carbocycles. The van der Waals surface area contributed by atoms with Gasteiger partial charge in [-0.05, 0) is 48.6 Å². The van der Waals surface area contributed by atoms with E-state index in [4.69, 9.17) is 14.5 Å². The maximum Gasteiger partial charge on any atom is 0.131 e. The lowest BCUT2D eigenvalue weighted by Crippen LogP contribution is -2.35. The van der Waals surface area contributed by atoms with Gasteiger partial charge in [-0.15, -0.1) is 11.3 Å². The molecule has 2 aromatic carbocycles. The molecule has 0 amide bonds. The number of pyridine rings is 1. The zero-order valence-electron chi connectivity index (χ0n) is 21.0. The maximum absolute atomic E-state index is 10.4. The highest BCUT2D eigenvalue weighted by atomic mass is 32.1. The zero-order valence-corrected chi connectivity index (χ0v) is 21.8. The van der Waals surface area contributed by atoms with Gasteiger partial charge in [-0.2, -0.15) is 0 Å². The minimum absolute atomic E-state index is 0.194. The number of benzene rings is 2. The zero-order chi connectivity index (χ0) is 25.0. The number of fused-ring (bicyclic) bond motifs is 1. The number of hydrogen-bond donors (Lipinski definition) is 1. The summed E-state index contributed by atoms with van der Waals surface area (Å²) < 4.78 is 12.8. The van der Waals surface area contributed by atoms with Crippen LogP contribution in [0, 0.1) is 5.92 Å². The van der Waals surface area contributed by atoms with Crippen molar-refractivity contribution in [2.45, 2.75) is 44.8 Å². The van der Waals surface area contributed by atoms with E-state index in [9.17, 15) is 5.11 Å². The monoisotopic (exact) mass is 515 g/mol. The fourth-order valence-electron chi connectivity index (χ4n) is 5.37. The minimum Gasteiger partial charge on any atom is -0.457 e. The Morgan fingerprint density at radius 1 is 1.00 bits per heavy atom. The molecule has 3 heterocycles. The first-order valence-corrected chi connectivity index (χ1v) is 14.1. The van der Waals surface area contributed by atoms with Crippen LogP contribution >= 0.6 is 11.3 Å². The number of hydrogen-bond acceptors (Lipinski definition) is 7. The second kappa shape index (κ2) is 11.3. The third-order valence-electron chi connectivity index (χ3n) is 7.41. The van der Waals surface area contributed by atoms with Crippen molar-refractivity contribution in [3.63, 3.8) is 0 Å². The topological polar surface area (TPSA) is 67.7 Å². The first-order valence-electron chi connectivity index (χ1n) is 13.3. The highest BCUT2D eigenvalue weighted by molar-refractivity contribution is 7.18. The van der Waals surface area contributed by atoms with Gasteiger partial charge in [0.2, 0.25) is 0 Å². The predicted octanol–water partition coefficient (Wildman–Crippen LogP) is 6.08. The maximum atomic E-state index is 10.4. The Bertz CT molecular complexity index is 1350. The van der Waals surface area contributed by atoms with Gasteiger partial charge in [-0.25, -0.2) is 4.98 Å². The van der Waals surface area contributed by atoms with E-state index in [1.54, 1.807) is 17.5 Å². The van der Waals surface area contributed by atoms with Crippen molar-refractivity contribution in [1.82, 2.24) is 14.9 Å². The third-order valence-corrected chi connectivity index (χ3v) is 8.45. The Labute approximate surface area is 221 Å². The van der Waals surface area contributed by atoms with Gasteiger partial charge in [0.05, 0.1) is 40.2 Å². The molecule has 4 aromatic rings. The Morgan fingerprint density at radius 2 is 1.86 bits per heavy atom. The lowest BCUT2D eigenvalue weighted by molar-refractivity contribution is 0.0342. The van der Waals surface area contributed by atoms with E-state index in [0.29, 0.717) is 5.92 Å². The molecule has 0 spiro atoms. The van der Waals surface area contributed by atoms with Crippen molar-refractivity contribution in [1.29, 1.82) is 0 Å². The Hall–Kier alpha value is -2.84. The van der Waals surface area contributed by atoms with Gasteiger partial charge in [-0.3, -0.25) is 9.88 Å². The van der Waals surface area contributed by atoms with Gasteiger partial charge in [0, 0.05) is 49.9 Å². The summed E-state index contributed by atoms with van der Waals surface area (Å²) in [7, 11) is 0. The Morgan fingerprint density at radius 3 is 2.76 bits per heavy atom. The second-order valence-electron chi connectivity index (χ2n) is 10.1. The van der Waals surface area contributed by atoms with Crippen molar-refractivity contribution in [3.8, 4) is 22.8 Å². The molecule has 2 fully saturated rings. The molecule has 0 bridgehead atoms. The van der Waals surface area contributed by atoms with Crippen molar-refractivity contribution in [2.24, 2.45) is 5.92 Å². The summed E-state index contributed by atoms with van der Waals surface area (Å²) in [5.74, 6) is 1.88. The fraction of sp³-hybridized carbons (Fsp3) is 0.400. The van der Waals surface area contributed by atoms with Gasteiger partial charge >= 0.3 is 0 Å². The molecule has 1 aliphatic heterocycles. The standard InChI is InChI=1S/C30H33N3O3S/c34-28-7-2-1-5-23(28)17-30-32-26-9-8-24(19-29(26)37-30)36-25-10-11-31-27(18-25)22-6-3-4-21(16-22)20-33-12-14-35-15-13-33/h3-4,6,8-11,16,18-19,23,28,34H,1-2,5,7,12-15,17,20H2/t23-,28+/m0/s1. The van der Waals surface area contributed by atoms with Crippen LogP contribution in [0.5, 0.6) is 11.5 Å². The van der Waals surface area contributed by atoms with Crippen LogP contribution in [0.15, 0.2) is 60.8 Å². The molecule has 37 heavy (non-hydrogen) atoms. The van der Waals surface area contributed by atoms with Crippen LogP contribution in [-0.2, 0) is 17.7 Å². The van der Waals surface area contributed by atoms with E-state index in [0.717, 1.165) is 96.5 Å². The molecule has 2 atom stereocenters. The SMILES string of the molecule is O[C@@H]1CCCC[C@H]1Cc1nc2ccc(Oc3ccnc(-c4cccc(CN5CCOCC5)c4)c3)cc2s1. The van der Waals surface area contributed by atoms with E-state index in [2.05, 4.69) is 40.2 Å². The molecule has 192 valence electrons. The predicted molar refractivity (Wildman–Crippen MR) is 147 cm³/mol. The number of nitrogens with zero attached hydrogens (tertiary/aromatic N) is 3. The molecule has 1 aliphatic carbocycles. The molecular weight excluding hydrogens is 482 g/mol. The van der Waals surface area contributed by atoms with Crippen molar-refractivity contribution >= 4 is 21.6 Å². The molecule has 1 N–H and O–H groups in total. The summed E-state index contributed by atoms with van der Waals surface area (Å²) in [4.78, 5) is 11.9. The van der Waals surface area contributed by atoms with Crippen molar-refractivity contribution < 1.29 is 14.6 Å². The fourth-order valence-corrected chi connectivity index (χ4v) is 6.46. The average Bonchev–Trinajstić information content (AvgIpc) is 3.33. The van der Waals surface area contributed by atoms with Crippen LogP contribution in [0.1, 0.15) is 36.3 Å². The van der Waals surface area contributed by atoms with Gasteiger partial charge in [0.15, 0.2) is 0 Å². The number of rotatable bonds is 7. The molecule has 0 radical (unpaired) electrons. The normalized spacial score (nSPS) is 20.8. The molecule has 0 unspecified atom stereocenters.